The van der Waals surface area contributed by atoms with Gasteiger partial charge in [-0.2, -0.15) is 0 Å². The first kappa shape index (κ1) is 38.8. The third-order valence-electron chi connectivity index (χ3n) is 8.06. The highest BCUT2D eigenvalue weighted by atomic mass is 28.4. The molecule has 0 fully saturated rings. The molecule has 1 atom stereocenters. The number of nitrogens with zero attached hydrogens (tertiary/aromatic N) is 1. The van der Waals surface area contributed by atoms with Crippen molar-refractivity contribution >= 4 is 34.7 Å². The normalized spacial score (nSPS) is 13.9. The Kier molecular flexibility index (Phi) is 13.7. The van der Waals surface area contributed by atoms with Gasteiger partial charge in [-0.05, 0) is 74.7 Å². The Morgan fingerprint density at radius 1 is 0.814 bits per heavy atom. The van der Waals surface area contributed by atoms with Crippen LogP contribution in [0.25, 0.3) is 0 Å². The van der Waals surface area contributed by atoms with Crippen LogP contribution in [0, 0.1) is 0 Å². The van der Waals surface area contributed by atoms with Gasteiger partial charge in [0.25, 0.3) is 0 Å². The number of carbonyl (C=O) groups excluding carboxylic acids is 2. The first-order valence-electron chi connectivity index (χ1n) is 14.9. The maximum absolute atomic E-state index is 13.0. The SMILES string of the molecule is CC(C)(C)OC(=O)N[C@@H](C(=O)O)c1ccc(OC(=O)CN(CCO[Si](C)(C)C(C)(C)C)CCO[Si](C)(C)C(C)(C)C)cc1. The lowest BCUT2D eigenvalue weighted by atomic mass is 10.1. The summed E-state index contributed by atoms with van der Waals surface area (Å²) in [5, 5.41) is 12.2. The number of carbonyl (C=O) groups is 3. The summed E-state index contributed by atoms with van der Waals surface area (Å²) in [5.41, 5.74) is -0.461. The molecule has 1 rings (SSSR count). The van der Waals surface area contributed by atoms with Gasteiger partial charge >= 0.3 is 18.0 Å². The molecule has 0 bridgehead atoms. The van der Waals surface area contributed by atoms with E-state index in [-0.39, 0.29) is 22.4 Å². The summed E-state index contributed by atoms with van der Waals surface area (Å²) in [5.74, 6) is -1.43. The van der Waals surface area contributed by atoms with Gasteiger partial charge in [-0.25, -0.2) is 9.59 Å². The number of alkyl carbamates (subject to hydrolysis) is 1. The number of hydrogen-bond donors (Lipinski definition) is 2. The van der Waals surface area contributed by atoms with Gasteiger partial charge in [-0.15, -0.1) is 0 Å². The highest BCUT2D eigenvalue weighted by Gasteiger charge is 2.38. The Hall–Kier alpha value is -2.26. The fourth-order valence-electron chi connectivity index (χ4n) is 3.35. The fraction of sp³-hybridized carbons (Fsp3) is 0.710. The Morgan fingerprint density at radius 2 is 1.26 bits per heavy atom. The number of rotatable bonds is 14. The molecule has 0 aliphatic heterocycles. The number of amides is 1. The molecular formula is C31H56N2O8Si2. The van der Waals surface area contributed by atoms with E-state index in [4.69, 9.17) is 18.3 Å². The summed E-state index contributed by atoms with van der Waals surface area (Å²) >= 11 is 0. The van der Waals surface area contributed by atoms with Crippen LogP contribution in [0.15, 0.2) is 24.3 Å². The number of carboxylic acid groups (broad SMARTS) is 1. The van der Waals surface area contributed by atoms with Crippen LogP contribution in [0.2, 0.25) is 36.3 Å². The van der Waals surface area contributed by atoms with E-state index in [1.54, 1.807) is 20.8 Å². The smallest absolute Gasteiger partial charge is 0.408 e. The van der Waals surface area contributed by atoms with Crippen molar-refractivity contribution in [2.45, 2.75) is 110 Å². The van der Waals surface area contributed by atoms with E-state index >= 15 is 0 Å². The van der Waals surface area contributed by atoms with Crippen molar-refractivity contribution in [3.05, 3.63) is 29.8 Å². The van der Waals surface area contributed by atoms with Crippen LogP contribution < -0.4 is 10.1 Å². The van der Waals surface area contributed by atoms with Crippen molar-refractivity contribution in [2.75, 3.05) is 32.8 Å². The van der Waals surface area contributed by atoms with Crippen LogP contribution >= 0.6 is 0 Å². The lowest BCUT2D eigenvalue weighted by Crippen LogP contribution is -2.45. The second kappa shape index (κ2) is 15.2. The number of benzene rings is 1. The van der Waals surface area contributed by atoms with Crippen LogP contribution in [-0.4, -0.2) is 83.1 Å². The number of nitrogens with one attached hydrogen (secondary N) is 1. The molecule has 0 radical (unpaired) electrons. The zero-order chi connectivity index (χ0) is 33.4. The van der Waals surface area contributed by atoms with Gasteiger partial charge in [-0.3, -0.25) is 9.69 Å². The quantitative estimate of drug-likeness (QED) is 0.132. The molecule has 43 heavy (non-hydrogen) atoms. The Morgan fingerprint density at radius 3 is 1.63 bits per heavy atom. The van der Waals surface area contributed by atoms with Gasteiger partial charge in [0.05, 0.1) is 6.54 Å². The predicted octanol–water partition coefficient (Wildman–Crippen LogP) is 6.59. The summed E-state index contributed by atoms with van der Waals surface area (Å²) in [6.45, 7) is 29.2. The van der Waals surface area contributed by atoms with Crippen molar-refractivity contribution in [3.63, 3.8) is 0 Å². The van der Waals surface area contributed by atoms with Crippen molar-refractivity contribution in [3.8, 4) is 5.75 Å². The topological polar surface area (TPSA) is 124 Å². The third-order valence-corrected chi connectivity index (χ3v) is 17.1. The fourth-order valence-corrected chi connectivity index (χ4v) is 5.42. The second-order valence-electron chi connectivity index (χ2n) is 15.0. The van der Waals surface area contributed by atoms with E-state index in [0.29, 0.717) is 31.9 Å². The molecule has 10 nitrogen and oxygen atoms in total. The van der Waals surface area contributed by atoms with Crippen LogP contribution in [0.3, 0.4) is 0 Å². The van der Waals surface area contributed by atoms with Crippen molar-refractivity contribution in [1.29, 1.82) is 0 Å². The maximum Gasteiger partial charge on any atom is 0.408 e. The first-order chi connectivity index (χ1) is 19.3. The van der Waals surface area contributed by atoms with E-state index in [9.17, 15) is 19.5 Å². The van der Waals surface area contributed by atoms with Crippen molar-refractivity contribution in [1.82, 2.24) is 10.2 Å². The molecule has 0 saturated heterocycles. The van der Waals surface area contributed by atoms with Crippen LogP contribution in [0.5, 0.6) is 5.75 Å². The van der Waals surface area contributed by atoms with E-state index in [2.05, 4.69) is 73.0 Å². The zero-order valence-corrected chi connectivity index (χ0v) is 30.7. The number of aliphatic carboxylic acids is 1. The van der Waals surface area contributed by atoms with Gasteiger partial charge in [0, 0.05) is 26.3 Å². The van der Waals surface area contributed by atoms with Crippen LogP contribution in [0.4, 0.5) is 4.79 Å². The average molecular weight is 641 g/mol. The number of esters is 1. The summed E-state index contributed by atoms with van der Waals surface area (Å²) in [6.07, 6.45) is -0.842. The highest BCUT2D eigenvalue weighted by Crippen LogP contribution is 2.37. The molecule has 0 spiro atoms. The minimum absolute atomic E-state index is 0.0431. The molecule has 0 saturated carbocycles. The van der Waals surface area contributed by atoms with Gasteiger partial charge in [-0.1, -0.05) is 53.7 Å². The Balaban J connectivity index is 2.92. The lowest BCUT2D eigenvalue weighted by molar-refractivity contribution is -0.140. The van der Waals surface area contributed by atoms with Gasteiger partial charge < -0.3 is 28.7 Å². The number of hydrogen-bond acceptors (Lipinski definition) is 8. The maximum atomic E-state index is 13.0. The summed E-state index contributed by atoms with van der Waals surface area (Å²) in [7, 11) is -3.89. The molecule has 1 amide bonds. The standard InChI is InChI=1S/C31H56N2O8Si2/c1-29(2,3)41-28(37)32-26(27(35)36)23-14-16-24(17-15-23)40-25(34)22-33(18-20-38-42(10,11)30(4,5)6)19-21-39-43(12,13)31(7,8)9/h14-17,26H,18-22H2,1-13H3,(H,32,37)(H,35,36)/t26-/m1/s1. The van der Waals surface area contributed by atoms with Crippen LogP contribution in [-0.2, 0) is 23.2 Å². The highest BCUT2D eigenvalue weighted by molar-refractivity contribution is 6.74. The third kappa shape index (κ3) is 13.5. The van der Waals surface area contributed by atoms with Crippen molar-refractivity contribution in [2.24, 2.45) is 0 Å². The molecule has 0 unspecified atom stereocenters. The van der Waals surface area contributed by atoms with E-state index in [1.807, 2.05) is 4.90 Å². The van der Waals surface area contributed by atoms with Gasteiger partial charge in [0.1, 0.15) is 11.4 Å². The monoisotopic (exact) mass is 640 g/mol. The first-order valence-corrected chi connectivity index (χ1v) is 20.7. The molecule has 0 aromatic heterocycles. The number of carboxylic acids is 1. The summed E-state index contributed by atoms with van der Waals surface area (Å²) in [4.78, 5) is 38.9. The molecule has 1 aromatic rings. The van der Waals surface area contributed by atoms with Gasteiger partial charge in [0.15, 0.2) is 22.7 Å². The zero-order valence-electron chi connectivity index (χ0n) is 28.7. The molecule has 0 aliphatic carbocycles. The molecular weight excluding hydrogens is 585 g/mol. The van der Waals surface area contributed by atoms with Gasteiger partial charge in [0.2, 0.25) is 0 Å². The second-order valence-corrected chi connectivity index (χ2v) is 24.6. The minimum atomic E-state index is -1.95. The summed E-state index contributed by atoms with van der Waals surface area (Å²) in [6, 6.07) is 4.68. The predicted molar refractivity (Wildman–Crippen MR) is 175 cm³/mol. The summed E-state index contributed by atoms with van der Waals surface area (Å²) < 4.78 is 23.5. The average Bonchev–Trinajstić information content (AvgIpc) is 2.80. The molecule has 2 N–H and O–H groups in total. The Labute approximate surface area is 261 Å². The lowest BCUT2D eigenvalue weighted by Gasteiger charge is -2.37. The van der Waals surface area contributed by atoms with Crippen molar-refractivity contribution < 1.29 is 37.8 Å². The van der Waals surface area contributed by atoms with E-state index in [0.717, 1.165) is 0 Å². The number of ether oxygens (including phenoxy) is 2. The molecule has 246 valence electrons. The van der Waals surface area contributed by atoms with Crippen LogP contribution in [0.1, 0.15) is 73.9 Å². The molecule has 0 aliphatic rings. The molecule has 1 aromatic carbocycles. The molecule has 0 heterocycles. The minimum Gasteiger partial charge on any atom is -0.479 e. The molecule has 12 heteroatoms. The Bertz CT molecular complexity index is 1040. The van der Waals surface area contributed by atoms with E-state index < -0.39 is 46.3 Å². The largest absolute Gasteiger partial charge is 0.479 e. The van der Waals surface area contributed by atoms with E-state index in [1.165, 1.54) is 24.3 Å².